The van der Waals surface area contributed by atoms with Gasteiger partial charge in [-0.15, -0.1) is 0 Å². The SMILES string of the molecule is CC(C(=O)NCC(C(=O)O)c1ccc(F)cc1)C1CCOCC1. The molecular weight excluding hydrogens is 301 g/mol. The zero-order valence-electron chi connectivity index (χ0n) is 13.1. The number of carboxylic acid groups (broad SMARTS) is 1. The van der Waals surface area contributed by atoms with Crippen molar-refractivity contribution in [3.8, 4) is 0 Å². The Morgan fingerprint density at radius 1 is 1.30 bits per heavy atom. The van der Waals surface area contributed by atoms with Crippen molar-refractivity contribution in [2.24, 2.45) is 11.8 Å². The quantitative estimate of drug-likeness (QED) is 0.841. The van der Waals surface area contributed by atoms with Gasteiger partial charge in [0, 0.05) is 25.7 Å². The van der Waals surface area contributed by atoms with Crippen LogP contribution in [0.15, 0.2) is 24.3 Å². The molecule has 6 heteroatoms. The second kappa shape index (κ2) is 8.06. The lowest BCUT2D eigenvalue weighted by Crippen LogP contribution is -2.38. The summed E-state index contributed by atoms with van der Waals surface area (Å²) in [6.07, 6.45) is 1.68. The topological polar surface area (TPSA) is 75.6 Å². The minimum absolute atomic E-state index is 0.00659. The molecule has 2 rings (SSSR count). The predicted octanol–water partition coefficient (Wildman–Crippen LogP) is 2.17. The molecule has 0 aliphatic carbocycles. The molecule has 1 fully saturated rings. The van der Waals surface area contributed by atoms with E-state index in [4.69, 9.17) is 4.74 Å². The minimum Gasteiger partial charge on any atom is -0.481 e. The molecule has 1 heterocycles. The van der Waals surface area contributed by atoms with Crippen LogP contribution in [0.2, 0.25) is 0 Å². The van der Waals surface area contributed by atoms with Crippen molar-refractivity contribution in [3.05, 3.63) is 35.6 Å². The third-order valence-electron chi connectivity index (χ3n) is 4.44. The molecule has 0 aromatic heterocycles. The first-order chi connectivity index (χ1) is 11.0. The zero-order valence-corrected chi connectivity index (χ0v) is 13.1. The summed E-state index contributed by atoms with van der Waals surface area (Å²) in [5.74, 6) is -2.42. The van der Waals surface area contributed by atoms with Gasteiger partial charge in [0.2, 0.25) is 5.91 Å². The van der Waals surface area contributed by atoms with Gasteiger partial charge >= 0.3 is 5.97 Å². The first-order valence-electron chi connectivity index (χ1n) is 7.82. The van der Waals surface area contributed by atoms with E-state index in [1.54, 1.807) is 0 Å². The molecule has 1 aromatic rings. The monoisotopic (exact) mass is 323 g/mol. The highest BCUT2D eigenvalue weighted by Gasteiger charge is 2.27. The van der Waals surface area contributed by atoms with E-state index in [2.05, 4.69) is 5.32 Å². The molecule has 1 aliphatic rings. The summed E-state index contributed by atoms with van der Waals surface area (Å²) in [7, 11) is 0. The smallest absolute Gasteiger partial charge is 0.312 e. The Kier molecular flexibility index (Phi) is 6.10. The number of ether oxygens (including phenoxy) is 1. The fourth-order valence-corrected chi connectivity index (χ4v) is 2.84. The molecule has 0 bridgehead atoms. The van der Waals surface area contributed by atoms with Crippen molar-refractivity contribution < 1.29 is 23.8 Å². The Bertz CT molecular complexity index is 540. The standard InChI is InChI=1S/C17H22FNO4/c1-11(12-6-8-23-9-7-12)16(20)19-10-15(17(21)22)13-2-4-14(18)5-3-13/h2-5,11-12,15H,6-10H2,1H3,(H,19,20)(H,21,22). The Labute approximate surface area is 134 Å². The highest BCUT2D eigenvalue weighted by Crippen LogP contribution is 2.24. The third-order valence-corrected chi connectivity index (χ3v) is 4.44. The van der Waals surface area contributed by atoms with E-state index in [0.717, 1.165) is 12.8 Å². The average molecular weight is 323 g/mol. The van der Waals surface area contributed by atoms with Crippen LogP contribution in [0.5, 0.6) is 0 Å². The Morgan fingerprint density at radius 3 is 2.48 bits per heavy atom. The minimum atomic E-state index is -1.05. The molecular formula is C17H22FNO4. The first-order valence-corrected chi connectivity index (χ1v) is 7.82. The lowest BCUT2D eigenvalue weighted by molar-refractivity contribution is -0.138. The first kappa shape index (κ1) is 17.4. The molecule has 1 amide bonds. The van der Waals surface area contributed by atoms with Crippen molar-refractivity contribution in [1.82, 2.24) is 5.32 Å². The van der Waals surface area contributed by atoms with E-state index in [1.807, 2.05) is 6.92 Å². The third kappa shape index (κ3) is 4.76. The number of amides is 1. The van der Waals surface area contributed by atoms with Gasteiger partial charge in [-0.1, -0.05) is 19.1 Å². The van der Waals surface area contributed by atoms with E-state index in [1.165, 1.54) is 24.3 Å². The van der Waals surface area contributed by atoms with Gasteiger partial charge in [-0.05, 0) is 36.5 Å². The molecule has 23 heavy (non-hydrogen) atoms. The summed E-state index contributed by atoms with van der Waals surface area (Å²) in [5, 5.41) is 12.1. The Balaban J connectivity index is 1.94. The summed E-state index contributed by atoms with van der Waals surface area (Å²) in [5.41, 5.74) is 0.470. The lowest BCUT2D eigenvalue weighted by Gasteiger charge is -2.27. The van der Waals surface area contributed by atoms with Gasteiger partial charge in [0.05, 0.1) is 5.92 Å². The van der Waals surface area contributed by atoms with Crippen LogP contribution in [-0.4, -0.2) is 36.7 Å². The number of hydrogen-bond donors (Lipinski definition) is 2. The molecule has 1 saturated heterocycles. The molecule has 5 nitrogen and oxygen atoms in total. The maximum atomic E-state index is 12.9. The molecule has 2 atom stereocenters. The molecule has 1 aromatic carbocycles. The Morgan fingerprint density at radius 2 is 1.91 bits per heavy atom. The van der Waals surface area contributed by atoms with Crippen LogP contribution in [0.4, 0.5) is 4.39 Å². The summed E-state index contributed by atoms with van der Waals surface area (Å²) in [6.45, 7) is 3.18. The molecule has 0 radical (unpaired) electrons. The highest BCUT2D eigenvalue weighted by atomic mass is 19.1. The predicted molar refractivity (Wildman–Crippen MR) is 82.5 cm³/mol. The highest BCUT2D eigenvalue weighted by molar-refractivity contribution is 5.81. The Hall–Kier alpha value is -1.95. The average Bonchev–Trinajstić information content (AvgIpc) is 2.56. The van der Waals surface area contributed by atoms with Crippen molar-refractivity contribution in [3.63, 3.8) is 0 Å². The van der Waals surface area contributed by atoms with Crippen molar-refractivity contribution in [2.75, 3.05) is 19.8 Å². The maximum absolute atomic E-state index is 12.9. The fraction of sp³-hybridized carbons (Fsp3) is 0.529. The lowest BCUT2D eigenvalue weighted by atomic mass is 9.86. The molecule has 0 spiro atoms. The van der Waals surface area contributed by atoms with E-state index >= 15 is 0 Å². The second-order valence-electron chi connectivity index (χ2n) is 5.93. The van der Waals surface area contributed by atoms with Gasteiger partial charge in [0.1, 0.15) is 5.82 Å². The van der Waals surface area contributed by atoms with Crippen LogP contribution in [0.25, 0.3) is 0 Å². The number of rotatable bonds is 6. The van der Waals surface area contributed by atoms with Crippen molar-refractivity contribution in [2.45, 2.75) is 25.7 Å². The molecule has 0 saturated carbocycles. The largest absolute Gasteiger partial charge is 0.481 e. The summed E-state index contributed by atoms with van der Waals surface area (Å²) in [4.78, 5) is 23.7. The summed E-state index contributed by atoms with van der Waals surface area (Å²) in [6, 6.07) is 5.31. The molecule has 2 N–H and O–H groups in total. The number of benzene rings is 1. The summed E-state index contributed by atoms with van der Waals surface area (Å²) < 4.78 is 18.2. The number of nitrogens with one attached hydrogen (secondary N) is 1. The van der Waals surface area contributed by atoms with Gasteiger partial charge in [0.15, 0.2) is 0 Å². The van der Waals surface area contributed by atoms with Crippen LogP contribution >= 0.6 is 0 Å². The second-order valence-corrected chi connectivity index (χ2v) is 5.93. The van der Waals surface area contributed by atoms with Gasteiger partial charge in [0.25, 0.3) is 0 Å². The zero-order chi connectivity index (χ0) is 16.8. The van der Waals surface area contributed by atoms with Crippen LogP contribution in [-0.2, 0) is 14.3 Å². The van der Waals surface area contributed by atoms with Crippen LogP contribution in [0.3, 0.4) is 0 Å². The van der Waals surface area contributed by atoms with Crippen LogP contribution in [0, 0.1) is 17.7 Å². The van der Waals surface area contributed by atoms with Crippen LogP contribution in [0.1, 0.15) is 31.2 Å². The van der Waals surface area contributed by atoms with E-state index in [0.29, 0.717) is 18.8 Å². The molecule has 126 valence electrons. The van der Waals surface area contributed by atoms with Gasteiger partial charge in [-0.3, -0.25) is 9.59 Å². The molecule has 2 unspecified atom stereocenters. The number of carbonyl (C=O) groups excluding carboxylic acids is 1. The fourth-order valence-electron chi connectivity index (χ4n) is 2.84. The van der Waals surface area contributed by atoms with Gasteiger partial charge in [-0.2, -0.15) is 0 Å². The van der Waals surface area contributed by atoms with E-state index in [-0.39, 0.29) is 24.3 Å². The maximum Gasteiger partial charge on any atom is 0.312 e. The summed E-state index contributed by atoms with van der Waals surface area (Å²) >= 11 is 0. The number of hydrogen-bond acceptors (Lipinski definition) is 3. The van der Waals surface area contributed by atoms with E-state index in [9.17, 15) is 19.1 Å². The number of halogens is 1. The van der Waals surface area contributed by atoms with Gasteiger partial charge in [-0.25, -0.2) is 4.39 Å². The van der Waals surface area contributed by atoms with Crippen molar-refractivity contribution in [1.29, 1.82) is 0 Å². The van der Waals surface area contributed by atoms with E-state index < -0.39 is 17.7 Å². The normalized spacial score (nSPS) is 18.2. The number of carbonyl (C=O) groups is 2. The number of aliphatic carboxylic acids is 1. The van der Waals surface area contributed by atoms with Crippen molar-refractivity contribution >= 4 is 11.9 Å². The van der Waals surface area contributed by atoms with Gasteiger partial charge < -0.3 is 15.2 Å². The molecule has 1 aliphatic heterocycles. The number of carboxylic acids is 1. The van der Waals surface area contributed by atoms with Crippen LogP contribution < -0.4 is 5.32 Å².